The molecule has 3 aliphatic rings. The van der Waals surface area contributed by atoms with Crippen LogP contribution in [0.5, 0.6) is 5.75 Å². The lowest BCUT2D eigenvalue weighted by molar-refractivity contribution is -0.119. The average molecular weight is 595 g/mol. The highest BCUT2D eigenvalue weighted by Crippen LogP contribution is 2.41. The van der Waals surface area contributed by atoms with Crippen LogP contribution in [0.1, 0.15) is 35.7 Å². The zero-order valence-corrected chi connectivity index (χ0v) is 24.6. The summed E-state index contributed by atoms with van der Waals surface area (Å²) in [5.74, 6) is -0.792. The molecule has 1 aromatic heterocycles. The van der Waals surface area contributed by atoms with Crippen LogP contribution in [0.4, 0.5) is 20.9 Å². The number of fused-ring (bicyclic) bond motifs is 1. The number of hydrogen-bond acceptors (Lipinski definition) is 10. The Hall–Kier alpha value is -3.48. The predicted molar refractivity (Wildman–Crippen MR) is 160 cm³/mol. The van der Waals surface area contributed by atoms with Crippen molar-refractivity contribution in [1.29, 1.82) is 0 Å². The fourth-order valence-corrected chi connectivity index (χ4v) is 6.34. The van der Waals surface area contributed by atoms with Crippen LogP contribution < -0.4 is 14.5 Å². The third-order valence-electron chi connectivity index (χ3n) is 7.90. The molecule has 1 atom stereocenters. The Kier molecular flexibility index (Phi) is 7.71. The Morgan fingerprint density at radius 2 is 1.90 bits per heavy atom. The number of hydrogen-bond donors (Lipinski definition) is 0. The van der Waals surface area contributed by atoms with Crippen LogP contribution in [-0.2, 0) is 11.5 Å². The van der Waals surface area contributed by atoms with Gasteiger partial charge in [0.1, 0.15) is 17.3 Å². The van der Waals surface area contributed by atoms with E-state index in [9.17, 15) is 9.59 Å². The molecule has 1 saturated heterocycles. The molecule has 0 radical (unpaired) electrons. The molecule has 1 aliphatic carbocycles. The van der Waals surface area contributed by atoms with Gasteiger partial charge in [0.05, 0.1) is 31.1 Å². The predicted octanol–water partition coefficient (Wildman–Crippen LogP) is 4.72. The van der Waals surface area contributed by atoms with Gasteiger partial charge in [0.2, 0.25) is 5.13 Å². The standard InChI is InChI=1S/C29H31FN6O3S2/c1-18(37)23-16-35(20-5-6-20)25-14-26(24(30)13-22(25)27(23)38)34-11-9-33(10-12-34)17-36-29(40)41-28(32-36)31-15-19-3-7-21(39-2)8-4-19/h3-4,7-8,13-15,20,23H,5-6,9-12,16-17H2,1-2H3/b31-15+. The fraction of sp³-hybridized carbons (Fsp3) is 0.414. The molecule has 0 spiro atoms. The van der Waals surface area contributed by atoms with Crippen molar-refractivity contribution in [3.63, 3.8) is 0 Å². The molecule has 2 fully saturated rings. The van der Waals surface area contributed by atoms with Gasteiger partial charge in [-0.2, -0.15) is 0 Å². The molecule has 3 aromatic rings. The van der Waals surface area contributed by atoms with Crippen molar-refractivity contribution in [3.8, 4) is 5.75 Å². The number of nitrogens with zero attached hydrogens (tertiary/aromatic N) is 6. The first-order valence-electron chi connectivity index (χ1n) is 13.7. The number of carbonyl (C=O) groups excluding carboxylic acids is 2. The number of carbonyl (C=O) groups is 2. The largest absolute Gasteiger partial charge is 0.497 e. The van der Waals surface area contributed by atoms with Gasteiger partial charge in [-0.3, -0.25) is 14.5 Å². The smallest absolute Gasteiger partial charge is 0.230 e. The molecular weight excluding hydrogens is 563 g/mol. The van der Waals surface area contributed by atoms with E-state index in [-0.39, 0.29) is 11.6 Å². The van der Waals surface area contributed by atoms with Gasteiger partial charge in [0.25, 0.3) is 0 Å². The number of aliphatic imine (C=N–C) groups is 1. The highest BCUT2D eigenvalue weighted by Gasteiger charge is 2.41. The third kappa shape index (κ3) is 5.81. The first-order chi connectivity index (χ1) is 19.8. The molecule has 0 amide bonds. The summed E-state index contributed by atoms with van der Waals surface area (Å²) in [4.78, 5) is 36.0. The monoisotopic (exact) mass is 594 g/mol. The number of halogens is 1. The summed E-state index contributed by atoms with van der Waals surface area (Å²) in [7, 11) is 1.63. The molecule has 0 N–H and O–H groups in total. The molecule has 2 aliphatic heterocycles. The van der Waals surface area contributed by atoms with E-state index in [1.54, 1.807) is 18.0 Å². The summed E-state index contributed by atoms with van der Waals surface area (Å²) in [6.45, 7) is 5.02. The zero-order chi connectivity index (χ0) is 28.7. The van der Waals surface area contributed by atoms with Crippen molar-refractivity contribution >= 4 is 57.8 Å². The minimum Gasteiger partial charge on any atom is -0.497 e. The first-order valence-corrected chi connectivity index (χ1v) is 14.9. The maximum Gasteiger partial charge on any atom is 0.230 e. The van der Waals surface area contributed by atoms with Gasteiger partial charge >= 0.3 is 0 Å². The van der Waals surface area contributed by atoms with Gasteiger partial charge in [0, 0.05) is 50.5 Å². The number of methoxy groups -OCH3 is 1. The van der Waals surface area contributed by atoms with Crippen molar-refractivity contribution in [2.24, 2.45) is 10.9 Å². The topological polar surface area (TPSA) is 83.3 Å². The third-order valence-corrected chi connectivity index (χ3v) is 9.11. The fourth-order valence-electron chi connectivity index (χ4n) is 5.42. The van der Waals surface area contributed by atoms with Crippen molar-refractivity contribution in [1.82, 2.24) is 14.7 Å². The van der Waals surface area contributed by atoms with E-state index in [1.807, 2.05) is 35.2 Å². The van der Waals surface area contributed by atoms with Crippen LogP contribution in [0.3, 0.4) is 0 Å². The molecule has 9 nitrogen and oxygen atoms in total. The lowest BCUT2D eigenvalue weighted by Gasteiger charge is -2.38. The van der Waals surface area contributed by atoms with E-state index in [0.717, 1.165) is 29.8 Å². The number of benzene rings is 2. The maximum absolute atomic E-state index is 15.4. The van der Waals surface area contributed by atoms with Gasteiger partial charge in [0.15, 0.2) is 9.74 Å². The van der Waals surface area contributed by atoms with Gasteiger partial charge in [-0.25, -0.2) is 14.1 Å². The molecule has 3 heterocycles. The van der Waals surface area contributed by atoms with Gasteiger partial charge < -0.3 is 14.5 Å². The normalized spacial score (nSPS) is 19.6. The molecule has 6 rings (SSSR count). The minimum atomic E-state index is -0.719. The molecule has 0 bridgehead atoms. The second-order valence-electron chi connectivity index (χ2n) is 10.7. The quantitative estimate of drug-likeness (QED) is 0.211. The number of aromatic nitrogens is 2. The van der Waals surface area contributed by atoms with Gasteiger partial charge in [-0.1, -0.05) is 11.3 Å². The Morgan fingerprint density at radius 1 is 1.17 bits per heavy atom. The summed E-state index contributed by atoms with van der Waals surface area (Å²) in [6, 6.07) is 11.1. The van der Waals surface area contributed by atoms with E-state index >= 15 is 4.39 Å². The summed E-state index contributed by atoms with van der Waals surface area (Å²) in [5.41, 5.74) is 2.52. The van der Waals surface area contributed by atoms with E-state index in [1.165, 1.54) is 24.3 Å². The van der Waals surface area contributed by atoms with Crippen LogP contribution in [0, 0.1) is 15.7 Å². The second-order valence-corrected chi connectivity index (χ2v) is 12.3. The summed E-state index contributed by atoms with van der Waals surface area (Å²) >= 11 is 6.89. The molecule has 1 unspecified atom stereocenters. The number of ether oxygens (including phenoxy) is 1. The minimum absolute atomic E-state index is 0.164. The van der Waals surface area contributed by atoms with E-state index in [0.29, 0.717) is 65.8 Å². The highest BCUT2D eigenvalue weighted by atomic mass is 32.1. The molecule has 214 valence electrons. The van der Waals surface area contributed by atoms with E-state index < -0.39 is 11.7 Å². The van der Waals surface area contributed by atoms with Crippen molar-refractivity contribution in [3.05, 3.63) is 57.3 Å². The van der Waals surface area contributed by atoms with E-state index in [4.69, 9.17) is 17.0 Å². The number of anilines is 2. The maximum atomic E-state index is 15.4. The van der Waals surface area contributed by atoms with Gasteiger partial charge in [-0.15, -0.1) is 5.10 Å². The Labute approximate surface area is 246 Å². The number of rotatable bonds is 8. The van der Waals surface area contributed by atoms with Crippen LogP contribution in [0.15, 0.2) is 41.4 Å². The summed E-state index contributed by atoms with van der Waals surface area (Å²) in [5, 5.41) is 5.17. The van der Waals surface area contributed by atoms with Crippen LogP contribution >= 0.6 is 23.6 Å². The first kappa shape index (κ1) is 27.7. The van der Waals surface area contributed by atoms with Gasteiger partial charge in [-0.05, 0) is 73.9 Å². The number of ketones is 2. The van der Waals surface area contributed by atoms with E-state index in [2.05, 4.69) is 19.9 Å². The second kappa shape index (κ2) is 11.4. The SMILES string of the molecule is COc1ccc(/C=N/c2nn(CN3CCN(c4cc5c(cc4F)C(=O)C(C(C)=O)CN5C4CC4)CC3)c(=S)s2)cc1. The summed E-state index contributed by atoms with van der Waals surface area (Å²) in [6.07, 6.45) is 3.80. The Morgan fingerprint density at radius 3 is 2.56 bits per heavy atom. The van der Waals surface area contributed by atoms with Crippen LogP contribution in [0.2, 0.25) is 0 Å². The molecular formula is C29H31FN6O3S2. The molecule has 12 heteroatoms. The van der Waals surface area contributed by atoms with Crippen LogP contribution in [-0.4, -0.2) is 78.3 Å². The highest BCUT2D eigenvalue weighted by molar-refractivity contribution is 7.73. The summed E-state index contributed by atoms with van der Waals surface area (Å²) < 4.78 is 23.0. The number of Topliss-reactive ketones (excluding diaryl/α,β-unsaturated/α-hetero) is 2. The number of piperazine rings is 1. The zero-order valence-electron chi connectivity index (χ0n) is 23.0. The van der Waals surface area contributed by atoms with Crippen molar-refractivity contribution in [2.45, 2.75) is 32.5 Å². The average Bonchev–Trinajstić information content (AvgIpc) is 3.76. The molecule has 1 saturated carbocycles. The molecule has 41 heavy (non-hydrogen) atoms. The van der Waals surface area contributed by atoms with Crippen molar-refractivity contribution < 1.29 is 18.7 Å². The molecule has 2 aromatic carbocycles. The lowest BCUT2D eigenvalue weighted by atomic mass is 9.88. The lowest BCUT2D eigenvalue weighted by Crippen LogP contribution is -2.47. The Balaban J connectivity index is 1.11. The van der Waals surface area contributed by atoms with Crippen molar-refractivity contribution in [2.75, 3.05) is 49.6 Å². The van der Waals surface area contributed by atoms with Crippen LogP contribution in [0.25, 0.3) is 0 Å². The Bertz CT molecular complexity index is 1560.